The molecule has 1 fully saturated rings. The third-order valence-corrected chi connectivity index (χ3v) is 11.8. The van der Waals surface area contributed by atoms with E-state index < -0.39 is 5.97 Å². The molecule has 0 spiro atoms. The third kappa shape index (κ3) is 10.1. The molecule has 314 valence electrons. The highest BCUT2D eigenvalue weighted by Crippen LogP contribution is 2.46. The van der Waals surface area contributed by atoms with Gasteiger partial charge in [-0.2, -0.15) is 0 Å². The van der Waals surface area contributed by atoms with E-state index in [2.05, 4.69) is 93.8 Å². The number of carbonyl (C=O) groups is 2. The summed E-state index contributed by atoms with van der Waals surface area (Å²) in [6, 6.07) is 0. The van der Waals surface area contributed by atoms with Gasteiger partial charge in [-0.05, 0) is 114 Å². The number of aliphatic imine (C=N–C) groups is 3. The Morgan fingerprint density at radius 2 is 1.43 bits per heavy atom. The van der Waals surface area contributed by atoms with Gasteiger partial charge >= 0.3 is 11.9 Å². The molecule has 6 aliphatic rings. The second kappa shape index (κ2) is 20.4. The summed E-state index contributed by atoms with van der Waals surface area (Å²) >= 11 is 0. The van der Waals surface area contributed by atoms with E-state index in [1.165, 1.54) is 0 Å². The van der Waals surface area contributed by atoms with E-state index in [-0.39, 0.29) is 36.4 Å². The van der Waals surface area contributed by atoms with Gasteiger partial charge in [0.25, 0.3) is 0 Å². The summed E-state index contributed by atoms with van der Waals surface area (Å²) in [7, 11) is 0. The Balaban J connectivity index is 1.18. The minimum atomic E-state index is -0.857. The Hall–Kier alpha value is -5.83. The van der Waals surface area contributed by atoms with Crippen molar-refractivity contribution in [3.05, 3.63) is 152 Å². The van der Waals surface area contributed by atoms with Gasteiger partial charge in [0.2, 0.25) is 0 Å². The first-order valence-corrected chi connectivity index (χ1v) is 21.7. The van der Waals surface area contributed by atoms with Crippen molar-refractivity contribution >= 4 is 29.1 Å². The van der Waals surface area contributed by atoms with Gasteiger partial charge in [-0.3, -0.25) is 9.59 Å². The quantitative estimate of drug-likeness (QED) is 0.0717. The molecule has 0 aromatic rings. The normalized spacial score (nSPS) is 21.5. The van der Waals surface area contributed by atoms with Crippen molar-refractivity contribution in [1.29, 1.82) is 0 Å². The van der Waals surface area contributed by atoms with Crippen LogP contribution in [-0.4, -0.2) is 39.3 Å². The van der Waals surface area contributed by atoms with Gasteiger partial charge in [-0.1, -0.05) is 81.5 Å². The van der Waals surface area contributed by atoms with Crippen LogP contribution in [0.1, 0.15) is 119 Å². The van der Waals surface area contributed by atoms with Crippen LogP contribution >= 0.6 is 0 Å². The van der Waals surface area contributed by atoms with Gasteiger partial charge in [0.1, 0.15) is 11.5 Å². The zero-order valence-corrected chi connectivity index (χ0v) is 36.1. The van der Waals surface area contributed by atoms with E-state index in [1.807, 2.05) is 32.1 Å². The van der Waals surface area contributed by atoms with Crippen molar-refractivity contribution in [2.75, 3.05) is 0 Å². The Labute approximate surface area is 355 Å². The average molecular weight is 809 g/mol. The van der Waals surface area contributed by atoms with Crippen LogP contribution in [0.3, 0.4) is 0 Å². The number of rotatable bonds is 18. The molecular formula is C51H60N4O5. The Kier molecular flexibility index (Phi) is 14.9. The minimum absolute atomic E-state index is 0.00759. The Morgan fingerprint density at radius 3 is 2.08 bits per heavy atom. The summed E-state index contributed by atoms with van der Waals surface area (Å²) < 4.78 is 6.14. The Bertz CT molecular complexity index is 2280. The molecule has 6 rings (SSSR count). The number of esters is 1. The van der Waals surface area contributed by atoms with Crippen LogP contribution < -0.4 is 5.32 Å². The molecular weight excluding hydrogens is 749 g/mol. The second-order valence-corrected chi connectivity index (χ2v) is 16.0. The maximum atomic E-state index is 13.4. The number of nitrogens with one attached hydrogen (secondary N) is 1. The summed E-state index contributed by atoms with van der Waals surface area (Å²) in [6.45, 7) is 12.3. The van der Waals surface area contributed by atoms with Crippen molar-refractivity contribution < 1.29 is 24.5 Å². The number of carbonyl (C=O) groups excluding carboxylic acids is 1. The number of unbranched alkanes of at least 4 members (excludes halogenated alkanes) is 1. The van der Waals surface area contributed by atoms with Crippen LogP contribution in [0.25, 0.3) is 0 Å². The van der Waals surface area contributed by atoms with Crippen molar-refractivity contribution in [2.24, 2.45) is 26.8 Å². The van der Waals surface area contributed by atoms with Crippen LogP contribution in [0.5, 0.6) is 0 Å². The number of carboxylic acids is 1. The molecule has 5 aliphatic heterocycles. The van der Waals surface area contributed by atoms with Crippen molar-refractivity contribution in [3.8, 4) is 0 Å². The molecule has 2 atom stereocenters. The number of aliphatic hydroxyl groups is 1. The first-order chi connectivity index (χ1) is 29.0. The highest BCUT2D eigenvalue weighted by atomic mass is 16.5. The number of hydrogen-bond donors (Lipinski definition) is 3. The lowest BCUT2D eigenvalue weighted by Gasteiger charge is -2.17. The van der Waals surface area contributed by atoms with Gasteiger partial charge in [-0.15, -0.1) is 0 Å². The summed E-state index contributed by atoms with van der Waals surface area (Å²) in [5.74, 6) is -0.708. The van der Waals surface area contributed by atoms with Gasteiger partial charge < -0.3 is 20.3 Å². The summed E-state index contributed by atoms with van der Waals surface area (Å²) in [5, 5.41) is 24.6. The fraction of sp³-hybridized carbons (Fsp3) is 0.392. The van der Waals surface area contributed by atoms with Crippen molar-refractivity contribution in [1.82, 2.24) is 5.32 Å². The molecule has 1 saturated heterocycles. The number of ether oxygens (including phenoxy) is 1. The number of aliphatic carboxylic acids is 1. The third-order valence-electron chi connectivity index (χ3n) is 11.8. The van der Waals surface area contributed by atoms with E-state index in [1.54, 1.807) is 0 Å². The molecule has 0 unspecified atom stereocenters. The molecule has 1 aliphatic carbocycles. The lowest BCUT2D eigenvalue weighted by Crippen LogP contribution is -2.15. The van der Waals surface area contributed by atoms with E-state index in [0.717, 1.165) is 113 Å². The molecule has 9 heteroatoms. The predicted octanol–water partition coefficient (Wildman–Crippen LogP) is 11.9. The zero-order valence-electron chi connectivity index (χ0n) is 36.1. The van der Waals surface area contributed by atoms with Gasteiger partial charge in [0.05, 0.1) is 28.5 Å². The molecule has 0 aromatic carbocycles. The molecule has 60 heavy (non-hydrogen) atoms. The van der Waals surface area contributed by atoms with Crippen LogP contribution in [0.4, 0.5) is 0 Å². The molecule has 9 nitrogen and oxygen atoms in total. The number of carboxylic acid groups (broad SMARTS) is 1. The van der Waals surface area contributed by atoms with E-state index >= 15 is 0 Å². The first-order valence-electron chi connectivity index (χ1n) is 21.7. The highest BCUT2D eigenvalue weighted by Gasteiger charge is 2.41. The summed E-state index contributed by atoms with van der Waals surface area (Å²) in [6.07, 6.45) is 35.6. The number of hydrogen-bond acceptors (Lipinski definition) is 8. The van der Waals surface area contributed by atoms with E-state index in [9.17, 15) is 19.8 Å². The van der Waals surface area contributed by atoms with Gasteiger partial charge in [0.15, 0.2) is 5.76 Å². The van der Waals surface area contributed by atoms with Crippen LogP contribution in [-0.2, 0) is 14.3 Å². The van der Waals surface area contributed by atoms with Crippen LogP contribution in [0.15, 0.2) is 167 Å². The highest BCUT2D eigenvalue weighted by molar-refractivity contribution is 6.21. The molecule has 5 heterocycles. The average Bonchev–Trinajstić information content (AvgIpc) is 3.97. The van der Waals surface area contributed by atoms with Crippen molar-refractivity contribution in [3.63, 3.8) is 0 Å². The SMILES string of the molecule is CC/C=C/C/C=C/C/C=C/C/C=C/C/C=C/CCCC(=O)OC1=C(C)C2=NC1=CC1=NC(=CC3=C(C)C4=C(O)CC(=C5NC(=C2)[C@@H](C)[C@@H]5CCC(=O)O)C4=N3)C(CC)=C1C. The predicted molar refractivity (Wildman–Crippen MR) is 243 cm³/mol. The maximum Gasteiger partial charge on any atom is 0.311 e. The fourth-order valence-electron chi connectivity index (χ4n) is 8.39. The van der Waals surface area contributed by atoms with Gasteiger partial charge in [-0.25, -0.2) is 15.0 Å². The number of aliphatic hydroxyl groups excluding tert-OH is 1. The van der Waals surface area contributed by atoms with Gasteiger partial charge in [0, 0.05) is 59.2 Å². The number of nitrogens with zero attached hydrogens (tertiary/aromatic N) is 3. The minimum Gasteiger partial charge on any atom is -0.511 e. The Morgan fingerprint density at radius 1 is 0.800 bits per heavy atom. The lowest BCUT2D eigenvalue weighted by atomic mass is 9.86. The summed E-state index contributed by atoms with van der Waals surface area (Å²) in [5.41, 5.74) is 11.3. The number of fused-ring (bicyclic) bond motifs is 5. The molecule has 0 aromatic heterocycles. The molecule has 3 N–H and O–H groups in total. The van der Waals surface area contributed by atoms with Crippen LogP contribution in [0, 0.1) is 11.8 Å². The van der Waals surface area contributed by atoms with Crippen molar-refractivity contribution in [2.45, 2.75) is 119 Å². The lowest BCUT2D eigenvalue weighted by molar-refractivity contribution is -0.139. The zero-order chi connectivity index (χ0) is 42.8. The van der Waals surface area contributed by atoms with E-state index in [4.69, 9.17) is 19.7 Å². The standard InChI is InChI=1S/C51H60N4O5/c1-7-9-10-11-12-13-14-15-16-17-18-19-20-21-22-23-24-25-47(59)60-51-35(6)42-29-40-33(4)37(26-27-46(57)58)49(54-40)38-28-45(56)48-34(5)41(55-50(38)48)30-43-36(8-2)32(3)39(52-43)31-44(51)53-42/h9-10,12-13,15-16,18-19,21-22,29-31,33,37,54,56H,7-8,11,14,17,20,23-28H2,1-6H3,(H,57,58)/b10-9+,13-12+,16-15+,19-18+,22-21+,40-29?,43-30?,44-31?,49-38?/t33-,37-/m0/s1. The fourth-order valence-corrected chi connectivity index (χ4v) is 8.39. The molecule has 0 saturated carbocycles. The van der Waals surface area contributed by atoms with Crippen LogP contribution in [0.2, 0.25) is 0 Å². The maximum absolute atomic E-state index is 13.4. The first kappa shape index (κ1) is 43.7. The van der Waals surface area contributed by atoms with E-state index in [0.29, 0.717) is 36.4 Å². The monoisotopic (exact) mass is 808 g/mol. The molecule has 0 amide bonds. The number of allylic oxidation sites excluding steroid dienone is 21. The molecule has 8 bridgehead atoms. The summed E-state index contributed by atoms with van der Waals surface area (Å²) in [4.78, 5) is 40.4. The topological polar surface area (TPSA) is 133 Å². The second-order valence-electron chi connectivity index (χ2n) is 16.0. The largest absolute Gasteiger partial charge is 0.511 e. The smallest absolute Gasteiger partial charge is 0.311 e. The molecule has 0 radical (unpaired) electrons.